The Hall–Kier alpha value is -2.44. The number of esters is 1. The van der Waals surface area contributed by atoms with Crippen LogP contribution in [0.3, 0.4) is 0 Å². The van der Waals surface area contributed by atoms with Crippen molar-refractivity contribution in [2.45, 2.75) is 0 Å². The van der Waals surface area contributed by atoms with E-state index in [-0.39, 0.29) is 0 Å². The van der Waals surface area contributed by atoms with Gasteiger partial charge in [-0.15, -0.1) is 0 Å². The molecule has 0 radical (unpaired) electrons. The number of aromatic hydroxyl groups is 1. The van der Waals surface area contributed by atoms with E-state index in [1.165, 1.54) is 0 Å². The van der Waals surface area contributed by atoms with E-state index in [2.05, 4.69) is 4.74 Å². The number of nitro benzene ring substituents is 1. The second kappa shape index (κ2) is 4.39. The van der Waals surface area contributed by atoms with Gasteiger partial charge in [0.15, 0.2) is 0 Å². The number of phenolic OH excluding ortho intramolecular Hbond substituents is 1. The van der Waals surface area contributed by atoms with Gasteiger partial charge < -0.3 is 9.84 Å². The van der Waals surface area contributed by atoms with E-state index in [0.29, 0.717) is 0 Å². The minimum absolute atomic E-state index is 0.398. The smallest absolute Gasteiger partial charge is 0.379 e. The summed E-state index contributed by atoms with van der Waals surface area (Å²) in [7, 11) is 0.995. The topological polar surface area (TPSA) is 107 Å². The van der Waals surface area contributed by atoms with Crippen LogP contribution >= 0.6 is 0 Å². The molecule has 0 aliphatic heterocycles. The van der Waals surface area contributed by atoms with Crippen LogP contribution in [0, 0.1) is 10.1 Å². The summed E-state index contributed by atoms with van der Waals surface area (Å²) in [4.78, 5) is 31.9. The molecule has 0 aliphatic carbocycles. The minimum Gasteiger partial charge on any atom is -0.507 e. The third-order valence-electron chi connectivity index (χ3n) is 1.81. The van der Waals surface area contributed by atoms with Gasteiger partial charge in [-0.1, -0.05) is 0 Å². The van der Waals surface area contributed by atoms with Crippen molar-refractivity contribution >= 4 is 17.4 Å². The Morgan fingerprint density at radius 2 is 2.06 bits per heavy atom. The van der Waals surface area contributed by atoms with E-state index < -0.39 is 33.7 Å². The monoisotopic (exact) mass is 225 g/mol. The van der Waals surface area contributed by atoms with E-state index >= 15 is 0 Å². The van der Waals surface area contributed by atoms with Crippen LogP contribution in [0.15, 0.2) is 18.2 Å². The first-order chi connectivity index (χ1) is 7.47. The second-order valence-corrected chi connectivity index (χ2v) is 2.78. The van der Waals surface area contributed by atoms with Gasteiger partial charge in [0.1, 0.15) is 5.75 Å². The maximum atomic E-state index is 11.3. The zero-order valence-electron chi connectivity index (χ0n) is 8.17. The van der Waals surface area contributed by atoms with Crippen LogP contribution in [0.4, 0.5) is 5.69 Å². The highest BCUT2D eigenvalue weighted by atomic mass is 16.6. The fraction of sp³-hybridized carbons (Fsp3) is 0.111. The fourth-order valence-corrected chi connectivity index (χ4v) is 1.02. The molecule has 0 spiro atoms. The Morgan fingerprint density at radius 1 is 1.44 bits per heavy atom. The number of carbonyl (C=O) groups excluding carboxylic acids is 2. The number of ketones is 1. The van der Waals surface area contributed by atoms with Crippen LogP contribution in [0.5, 0.6) is 5.75 Å². The van der Waals surface area contributed by atoms with Crippen LogP contribution < -0.4 is 0 Å². The fourth-order valence-electron chi connectivity index (χ4n) is 1.02. The first-order valence-electron chi connectivity index (χ1n) is 4.07. The van der Waals surface area contributed by atoms with Crippen molar-refractivity contribution in [1.82, 2.24) is 0 Å². The Morgan fingerprint density at radius 3 is 2.56 bits per heavy atom. The molecule has 1 N–H and O–H groups in total. The summed E-state index contributed by atoms with van der Waals surface area (Å²) < 4.78 is 4.15. The van der Waals surface area contributed by atoms with Crippen molar-refractivity contribution in [3.63, 3.8) is 0 Å². The maximum Gasteiger partial charge on any atom is 0.379 e. The van der Waals surface area contributed by atoms with E-state index in [1.807, 2.05) is 0 Å². The van der Waals surface area contributed by atoms with E-state index in [4.69, 9.17) is 0 Å². The molecule has 0 bridgehead atoms. The highest BCUT2D eigenvalue weighted by Gasteiger charge is 2.22. The normalized spacial score (nSPS) is 9.56. The average molecular weight is 225 g/mol. The van der Waals surface area contributed by atoms with Crippen molar-refractivity contribution in [2.75, 3.05) is 7.11 Å². The highest BCUT2D eigenvalue weighted by Crippen LogP contribution is 2.23. The van der Waals surface area contributed by atoms with Gasteiger partial charge in [0.25, 0.3) is 11.5 Å². The Balaban J connectivity index is 3.22. The molecule has 7 nitrogen and oxygen atoms in total. The van der Waals surface area contributed by atoms with Crippen molar-refractivity contribution in [3.05, 3.63) is 33.9 Å². The first-order valence-corrected chi connectivity index (χ1v) is 4.07. The summed E-state index contributed by atoms with van der Waals surface area (Å²) >= 11 is 0. The number of phenols is 1. The van der Waals surface area contributed by atoms with Crippen LogP contribution in [0.25, 0.3) is 0 Å². The van der Waals surface area contributed by atoms with Gasteiger partial charge in [0, 0.05) is 12.1 Å². The molecule has 0 unspecified atom stereocenters. The van der Waals surface area contributed by atoms with Gasteiger partial charge in [0.05, 0.1) is 17.6 Å². The highest BCUT2D eigenvalue weighted by molar-refractivity contribution is 6.41. The lowest BCUT2D eigenvalue weighted by atomic mass is 10.1. The number of rotatable bonds is 3. The van der Waals surface area contributed by atoms with Crippen molar-refractivity contribution in [3.8, 4) is 5.75 Å². The largest absolute Gasteiger partial charge is 0.507 e. The summed E-state index contributed by atoms with van der Waals surface area (Å²) in [6.07, 6.45) is 0. The molecule has 0 saturated heterocycles. The molecule has 0 saturated carbocycles. The molecule has 1 rings (SSSR count). The number of hydrogen-bond acceptors (Lipinski definition) is 6. The molecule has 0 aliphatic rings. The van der Waals surface area contributed by atoms with Gasteiger partial charge in [-0.2, -0.15) is 0 Å². The summed E-state index contributed by atoms with van der Waals surface area (Å²) in [5, 5.41) is 19.7. The molecular formula is C9H7NO6. The molecule has 84 valence electrons. The lowest BCUT2D eigenvalue weighted by Crippen LogP contribution is -2.15. The standard InChI is InChI=1S/C9H7NO6/c1-16-9(13)8(12)6-4-5(10(14)15)2-3-7(6)11/h2-4,11H,1H3. The number of Topliss-reactive ketones (excluding diaryl/α,β-unsaturated/α-hetero) is 1. The quantitative estimate of drug-likeness (QED) is 0.266. The zero-order chi connectivity index (χ0) is 12.3. The number of nitro groups is 1. The molecule has 7 heteroatoms. The molecule has 0 heterocycles. The third kappa shape index (κ3) is 2.14. The van der Waals surface area contributed by atoms with Crippen LogP contribution in [-0.4, -0.2) is 28.9 Å². The number of ether oxygens (including phenoxy) is 1. The zero-order valence-corrected chi connectivity index (χ0v) is 8.17. The Bertz CT molecular complexity index is 467. The summed E-state index contributed by atoms with van der Waals surface area (Å²) in [6, 6.07) is 2.80. The SMILES string of the molecule is COC(=O)C(=O)c1cc([N+](=O)[O-])ccc1O. The van der Waals surface area contributed by atoms with Crippen LogP contribution in [-0.2, 0) is 9.53 Å². The van der Waals surface area contributed by atoms with Gasteiger partial charge >= 0.3 is 5.97 Å². The van der Waals surface area contributed by atoms with E-state index in [0.717, 1.165) is 25.3 Å². The number of methoxy groups -OCH3 is 1. The molecule has 1 aromatic carbocycles. The lowest BCUT2D eigenvalue weighted by molar-refractivity contribution is -0.384. The third-order valence-corrected chi connectivity index (χ3v) is 1.81. The average Bonchev–Trinajstić information content (AvgIpc) is 2.27. The van der Waals surface area contributed by atoms with Crippen molar-refractivity contribution in [2.24, 2.45) is 0 Å². The molecule has 0 fully saturated rings. The van der Waals surface area contributed by atoms with Crippen LogP contribution in [0.2, 0.25) is 0 Å². The number of non-ortho nitro benzene ring substituents is 1. The predicted octanol–water partition coefficient (Wildman–Crippen LogP) is 0.656. The molecule has 16 heavy (non-hydrogen) atoms. The van der Waals surface area contributed by atoms with Gasteiger partial charge in [0.2, 0.25) is 0 Å². The first kappa shape index (κ1) is 11.6. The van der Waals surface area contributed by atoms with Gasteiger partial charge in [-0.05, 0) is 6.07 Å². The van der Waals surface area contributed by atoms with Gasteiger partial charge in [-0.25, -0.2) is 4.79 Å². The summed E-state index contributed by atoms with van der Waals surface area (Å²) in [5.74, 6) is -2.85. The summed E-state index contributed by atoms with van der Waals surface area (Å²) in [5.41, 5.74) is -0.855. The molecular weight excluding hydrogens is 218 g/mol. The maximum absolute atomic E-state index is 11.3. The number of benzene rings is 1. The van der Waals surface area contributed by atoms with Crippen molar-refractivity contribution < 1.29 is 24.4 Å². The molecule has 1 aromatic rings. The Labute approximate surface area is 89.4 Å². The Kier molecular flexibility index (Phi) is 3.19. The van der Waals surface area contributed by atoms with E-state index in [1.54, 1.807) is 0 Å². The lowest BCUT2D eigenvalue weighted by Gasteiger charge is -2.01. The van der Waals surface area contributed by atoms with Crippen molar-refractivity contribution in [1.29, 1.82) is 0 Å². The predicted molar refractivity (Wildman–Crippen MR) is 51.1 cm³/mol. The molecule has 0 atom stereocenters. The number of hydrogen-bond donors (Lipinski definition) is 1. The second-order valence-electron chi connectivity index (χ2n) is 2.78. The van der Waals surface area contributed by atoms with Crippen LogP contribution in [0.1, 0.15) is 10.4 Å². The van der Waals surface area contributed by atoms with Gasteiger partial charge in [-0.3, -0.25) is 14.9 Å². The number of nitrogens with zero attached hydrogens (tertiary/aromatic N) is 1. The molecule has 0 aromatic heterocycles. The summed E-state index contributed by atoms with van der Waals surface area (Å²) in [6.45, 7) is 0. The molecule has 0 amide bonds. The van der Waals surface area contributed by atoms with E-state index in [9.17, 15) is 24.8 Å². The number of carbonyl (C=O) groups is 2. The minimum atomic E-state index is -1.20.